The van der Waals surface area contributed by atoms with E-state index in [-0.39, 0.29) is 11.7 Å². The molecule has 1 atom stereocenters. The van der Waals surface area contributed by atoms with Crippen LogP contribution in [0.25, 0.3) is 0 Å². The van der Waals surface area contributed by atoms with Gasteiger partial charge in [-0.15, -0.1) is 0 Å². The van der Waals surface area contributed by atoms with Gasteiger partial charge in [-0.2, -0.15) is 0 Å². The number of nitrogens with zero attached hydrogens (tertiary/aromatic N) is 2. The molecule has 3 rings (SSSR count). The lowest BCUT2D eigenvalue weighted by Crippen LogP contribution is -2.46. The van der Waals surface area contributed by atoms with E-state index in [0.29, 0.717) is 17.6 Å². The molecule has 0 spiro atoms. The molecular weight excluding hydrogens is 266 g/mol. The van der Waals surface area contributed by atoms with Gasteiger partial charge in [-0.25, -0.2) is 0 Å². The number of benzene rings is 1. The lowest BCUT2D eigenvalue weighted by molar-refractivity contribution is 0.0769. The van der Waals surface area contributed by atoms with Crippen LogP contribution in [0.2, 0.25) is 0 Å². The molecule has 0 aliphatic carbocycles. The molecule has 5 nitrogen and oxygen atoms in total. The van der Waals surface area contributed by atoms with Gasteiger partial charge < -0.3 is 15.7 Å². The van der Waals surface area contributed by atoms with Crippen LogP contribution in [0.3, 0.4) is 0 Å². The lowest BCUT2D eigenvalue weighted by Gasteiger charge is -2.34. The topological polar surface area (TPSA) is 69.8 Å². The summed E-state index contributed by atoms with van der Waals surface area (Å²) >= 11 is 0. The van der Waals surface area contributed by atoms with Crippen LogP contribution in [0.4, 0.5) is 0 Å². The van der Waals surface area contributed by atoms with Gasteiger partial charge in [0.1, 0.15) is 5.75 Å². The second-order valence-corrected chi connectivity index (χ2v) is 6.12. The highest BCUT2D eigenvalue weighted by molar-refractivity contribution is 5.94. The summed E-state index contributed by atoms with van der Waals surface area (Å²) in [6, 6.07) is 7.39. The summed E-state index contributed by atoms with van der Waals surface area (Å²) in [5.41, 5.74) is 6.51. The fourth-order valence-electron chi connectivity index (χ4n) is 3.33. The van der Waals surface area contributed by atoms with E-state index in [0.717, 1.165) is 45.4 Å². The lowest BCUT2D eigenvalue weighted by atomic mass is 10.0. The third kappa shape index (κ3) is 3.19. The van der Waals surface area contributed by atoms with Gasteiger partial charge in [-0.1, -0.05) is 6.07 Å². The van der Waals surface area contributed by atoms with Crippen molar-refractivity contribution in [3.8, 4) is 5.75 Å². The first-order valence-electron chi connectivity index (χ1n) is 7.71. The van der Waals surface area contributed by atoms with E-state index < -0.39 is 0 Å². The summed E-state index contributed by atoms with van der Waals surface area (Å²) in [5, 5.41) is 9.49. The Kier molecular flexibility index (Phi) is 4.12. The second-order valence-electron chi connectivity index (χ2n) is 6.12. The molecule has 2 heterocycles. The maximum absolute atomic E-state index is 12.5. The molecule has 3 N–H and O–H groups in total. The molecular formula is C16H23N3O2. The Balaban J connectivity index is 1.60. The van der Waals surface area contributed by atoms with Crippen LogP contribution in [-0.4, -0.2) is 59.1 Å². The first-order valence-corrected chi connectivity index (χ1v) is 7.71. The average molecular weight is 289 g/mol. The fraction of sp³-hybridized carbons (Fsp3) is 0.562. The normalized spacial score (nSPS) is 24.4. The third-order valence-electron chi connectivity index (χ3n) is 4.63. The molecule has 0 radical (unpaired) electrons. The maximum Gasteiger partial charge on any atom is 0.254 e. The van der Waals surface area contributed by atoms with Gasteiger partial charge in [0.05, 0.1) is 0 Å². The van der Waals surface area contributed by atoms with Crippen LogP contribution in [0.1, 0.15) is 29.6 Å². The van der Waals surface area contributed by atoms with Crippen molar-refractivity contribution in [2.24, 2.45) is 5.73 Å². The summed E-state index contributed by atoms with van der Waals surface area (Å²) in [5.74, 6) is 0.156. The summed E-state index contributed by atoms with van der Waals surface area (Å²) in [6.07, 6.45) is 3.13. The number of piperidine rings is 1. The molecule has 1 unspecified atom stereocenters. The molecule has 2 aliphatic rings. The minimum atomic E-state index is 0.0158. The number of aromatic hydroxyl groups is 1. The monoisotopic (exact) mass is 289 g/mol. The molecule has 1 aromatic rings. The zero-order valence-electron chi connectivity index (χ0n) is 12.2. The molecule has 21 heavy (non-hydrogen) atoms. The number of nitrogens with two attached hydrogens (primary N) is 1. The smallest absolute Gasteiger partial charge is 0.254 e. The molecule has 1 amide bonds. The van der Waals surface area contributed by atoms with Crippen LogP contribution in [0, 0.1) is 0 Å². The Bertz CT molecular complexity index is 512. The van der Waals surface area contributed by atoms with Crippen molar-refractivity contribution in [1.29, 1.82) is 0 Å². The predicted molar refractivity (Wildman–Crippen MR) is 81.2 cm³/mol. The van der Waals surface area contributed by atoms with Gasteiger partial charge in [-0.3, -0.25) is 9.69 Å². The Labute approximate surface area is 125 Å². The van der Waals surface area contributed by atoms with Crippen molar-refractivity contribution in [3.63, 3.8) is 0 Å². The number of hydrogen-bond acceptors (Lipinski definition) is 4. The molecule has 0 saturated carbocycles. The third-order valence-corrected chi connectivity index (χ3v) is 4.63. The minimum absolute atomic E-state index is 0.0158. The Morgan fingerprint density at radius 1 is 1.19 bits per heavy atom. The largest absolute Gasteiger partial charge is 0.508 e. The number of phenols is 1. The van der Waals surface area contributed by atoms with Crippen molar-refractivity contribution in [3.05, 3.63) is 29.8 Å². The highest BCUT2D eigenvalue weighted by atomic mass is 16.3. The number of carbonyl (C=O) groups excluding carboxylic acids is 1. The van der Waals surface area contributed by atoms with Crippen molar-refractivity contribution in [2.45, 2.75) is 31.3 Å². The SMILES string of the molecule is NC1CCN(C2CCN(C(=O)c3cccc(O)c3)C2)CC1. The van der Waals surface area contributed by atoms with E-state index >= 15 is 0 Å². The van der Waals surface area contributed by atoms with Crippen molar-refractivity contribution >= 4 is 5.91 Å². The number of likely N-dealkylation sites (tertiary alicyclic amines) is 2. The fourth-order valence-corrected chi connectivity index (χ4v) is 3.33. The highest BCUT2D eigenvalue weighted by Crippen LogP contribution is 2.22. The van der Waals surface area contributed by atoms with E-state index in [1.165, 1.54) is 6.07 Å². The van der Waals surface area contributed by atoms with Crippen molar-refractivity contribution in [1.82, 2.24) is 9.80 Å². The van der Waals surface area contributed by atoms with Gasteiger partial charge >= 0.3 is 0 Å². The molecule has 5 heteroatoms. The first kappa shape index (κ1) is 14.4. The standard InChI is InChI=1S/C16H23N3O2/c17-13-4-7-18(8-5-13)14-6-9-19(11-14)16(21)12-2-1-3-15(20)10-12/h1-3,10,13-14,20H,4-9,11,17H2. The van der Waals surface area contributed by atoms with Crippen molar-refractivity contribution in [2.75, 3.05) is 26.2 Å². The molecule has 2 fully saturated rings. The second kappa shape index (κ2) is 6.03. The molecule has 0 aromatic heterocycles. The molecule has 2 aliphatic heterocycles. The molecule has 0 bridgehead atoms. The Morgan fingerprint density at radius 3 is 2.67 bits per heavy atom. The Hall–Kier alpha value is -1.59. The van der Waals surface area contributed by atoms with Crippen LogP contribution in [0.5, 0.6) is 5.75 Å². The van der Waals surface area contributed by atoms with Crippen LogP contribution in [-0.2, 0) is 0 Å². The number of rotatable bonds is 2. The van der Waals surface area contributed by atoms with Gasteiger partial charge in [-0.05, 0) is 50.6 Å². The van der Waals surface area contributed by atoms with E-state index in [9.17, 15) is 9.90 Å². The number of phenolic OH excluding ortho intramolecular Hbond substituents is 1. The van der Waals surface area contributed by atoms with Gasteiger partial charge in [0.25, 0.3) is 5.91 Å². The summed E-state index contributed by atoms with van der Waals surface area (Å²) in [6.45, 7) is 3.66. The molecule has 114 valence electrons. The van der Waals surface area contributed by atoms with Gasteiger partial charge in [0.2, 0.25) is 0 Å². The van der Waals surface area contributed by atoms with Gasteiger partial charge in [0.15, 0.2) is 0 Å². The van der Waals surface area contributed by atoms with Gasteiger partial charge in [0, 0.05) is 30.7 Å². The maximum atomic E-state index is 12.5. The quantitative estimate of drug-likeness (QED) is 0.853. The number of carbonyl (C=O) groups is 1. The van der Waals surface area contributed by atoms with E-state index in [1.54, 1.807) is 18.2 Å². The Morgan fingerprint density at radius 2 is 1.95 bits per heavy atom. The van der Waals surface area contributed by atoms with E-state index in [4.69, 9.17) is 5.73 Å². The summed E-state index contributed by atoms with van der Waals surface area (Å²) in [7, 11) is 0. The zero-order valence-corrected chi connectivity index (χ0v) is 12.2. The van der Waals surface area contributed by atoms with E-state index in [2.05, 4.69) is 4.90 Å². The first-order chi connectivity index (χ1) is 10.1. The summed E-state index contributed by atoms with van der Waals surface area (Å²) < 4.78 is 0. The van der Waals surface area contributed by atoms with Crippen molar-refractivity contribution < 1.29 is 9.90 Å². The number of amides is 1. The van der Waals surface area contributed by atoms with Crippen LogP contribution >= 0.6 is 0 Å². The van der Waals surface area contributed by atoms with E-state index in [1.807, 2.05) is 4.90 Å². The molecule has 1 aromatic carbocycles. The van der Waals surface area contributed by atoms with Crippen LogP contribution < -0.4 is 5.73 Å². The number of hydrogen-bond donors (Lipinski definition) is 2. The molecule has 2 saturated heterocycles. The average Bonchev–Trinajstić information content (AvgIpc) is 2.97. The predicted octanol–water partition coefficient (Wildman–Crippen LogP) is 1.03. The van der Waals surface area contributed by atoms with Crippen LogP contribution in [0.15, 0.2) is 24.3 Å². The minimum Gasteiger partial charge on any atom is -0.508 e. The zero-order chi connectivity index (χ0) is 14.8. The highest BCUT2D eigenvalue weighted by Gasteiger charge is 2.32. The summed E-state index contributed by atoms with van der Waals surface area (Å²) in [4.78, 5) is 16.8.